The van der Waals surface area contributed by atoms with E-state index >= 15 is 0 Å². The predicted molar refractivity (Wildman–Crippen MR) is 59.7 cm³/mol. The van der Waals surface area contributed by atoms with Crippen molar-refractivity contribution in [3.05, 3.63) is 22.4 Å². The zero-order chi connectivity index (χ0) is 12.1. The van der Waals surface area contributed by atoms with E-state index in [1.165, 1.54) is 11.3 Å². The van der Waals surface area contributed by atoms with Crippen molar-refractivity contribution in [1.29, 1.82) is 0 Å². The van der Waals surface area contributed by atoms with Crippen LogP contribution in [0.4, 0.5) is 0 Å². The van der Waals surface area contributed by atoms with E-state index in [1.807, 2.05) is 6.92 Å². The zero-order valence-corrected chi connectivity index (χ0v) is 9.62. The Hall–Kier alpha value is -1.49. The molecule has 0 aromatic carbocycles. The number of aliphatic carboxylic acids is 1. The Morgan fingerprint density at radius 1 is 1.44 bits per heavy atom. The van der Waals surface area contributed by atoms with Crippen LogP contribution in [0.15, 0.2) is 17.5 Å². The first-order chi connectivity index (χ1) is 7.57. The van der Waals surface area contributed by atoms with Crippen LogP contribution in [0.1, 0.15) is 29.4 Å². The Bertz CT molecular complexity index is 394. The van der Waals surface area contributed by atoms with Crippen LogP contribution in [0.5, 0.6) is 0 Å². The highest BCUT2D eigenvalue weighted by Gasteiger charge is 2.31. The average Bonchev–Trinajstić information content (AvgIpc) is 2.77. The Kier molecular flexibility index (Phi) is 4.37. The molecule has 1 N–H and O–H groups in total. The molecule has 0 radical (unpaired) electrons. The molecule has 0 saturated carbocycles. The molecule has 0 amide bonds. The minimum absolute atomic E-state index is 0.280. The summed E-state index contributed by atoms with van der Waals surface area (Å²) in [5, 5.41) is 10.4. The first-order valence-corrected chi connectivity index (χ1v) is 5.80. The highest BCUT2D eigenvalue weighted by atomic mass is 32.1. The lowest BCUT2D eigenvalue weighted by Gasteiger charge is -2.09. The number of carbonyl (C=O) groups excluding carboxylic acids is 2. The molecule has 4 nitrogen and oxygen atoms in total. The second kappa shape index (κ2) is 5.55. The van der Waals surface area contributed by atoms with Crippen LogP contribution in [0.2, 0.25) is 0 Å². The van der Waals surface area contributed by atoms with Gasteiger partial charge in [0, 0.05) is 0 Å². The summed E-state index contributed by atoms with van der Waals surface area (Å²) < 4.78 is 0. The lowest BCUT2D eigenvalue weighted by Crippen LogP contribution is -2.29. The van der Waals surface area contributed by atoms with Gasteiger partial charge in [0.05, 0.1) is 10.8 Å². The smallest absolute Gasteiger partial charge is 0.372 e. The molecular formula is C11H12O4S. The standard InChI is InChI=1S/C11H12O4S/c1-2-4-7(10(13)11(14)15)9(12)8-5-3-6-16-8/h3,5-7H,2,4H2,1H3,(H,14,15). The largest absolute Gasteiger partial charge is 0.475 e. The van der Waals surface area contributed by atoms with Crippen LogP contribution >= 0.6 is 11.3 Å². The fourth-order valence-electron chi connectivity index (χ4n) is 1.41. The van der Waals surface area contributed by atoms with Gasteiger partial charge in [0.25, 0.3) is 5.78 Å². The van der Waals surface area contributed by atoms with Crippen LogP contribution in [-0.2, 0) is 9.59 Å². The number of ketones is 2. The summed E-state index contributed by atoms with van der Waals surface area (Å²) in [7, 11) is 0. The number of thiophene rings is 1. The van der Waals surface area contributed by atoms with Gasteiger partial charge in [-0.1, -0.05) is 19.4 Å². The molecule has 0 bridgehead atoms. The third kappa shape index (κ3) is 2.76. The van der Waals surface area contributed by atoms with Crippen molar-refractivity contribution in [2.75, 3.05) is 0 Å². The molecule has 86 valence electrons. The molecule has 0 aliphatic carbocycles. The van der Waals surface area contributed by atoms with Crippen molar-refractivity contribution >= 4 is 28.9 Å². The Balaban J connectivity index is 2.90. The summed E-state index contributed by atoms with van der Waals surface area (Å²) >= 11 is 1.22. The maximum Gasteiger partial charge on any atom is 0.372 e. The molecule has 0 aliphatic rings. The molecular weight excluding hydrogens is 228 g/mol. The quantitative estimate of drug-likeness (QED) is 0.469. The number of hydrogen-bond acceptors (Lipinski definition) is 4. The van der Waals surface area contributed by atoms with Crippen LogP contribution in [0.25, 0.3) is 0 Å². The third-order valence-electron chi connectivity index (χ3n) is 2.19. The predicted octanol–water partition coefficient (Wildman–Crippen LogP) is 2.00. The van der Waals surface area contributed by atoms with Gasteiger partial charge in [0.15, 0.2) is 5.78 Å². The fourth-order valence-corrected chi connectivity index (χ4v) is 2.13. The first kappa shape index (κ1) is 12.6. The molecule has 1 rings (SSSR count). The summed E-state index contributed by atoms with van der Waals surface area (Å²) in [6.07, 6.45) is 0.878. The van der Waals surface area contributed by atoms with Gasteiger partial charge in [-0.15, -0.1) is 11.3 Å². The van der Waals surface area contributed by atoms with E-state index < -0.39 is 17.7 Å². The van der Waals surface area contributed by atoms with Crippen LogP contribution < -0.4 is 0 Å². The lowest BCUT2D eigenvalue weighted by atomic mass is 9.93. The van der Waals surface area contributed by atoms with E-state index in [9.17, 15) is 14.4 Å². The maximum atomic E-state index is 11.9. The summed E-state index contributed by atoms with van der Waals surface area (Å²) in [5.74, 6) is -3.98. The minimum atomic E-state index is -1.54. The zero-order valence-electron chi connectivity index (χ0n) is 8.80. The van der Waals surface area contributed by atoms with Gasteiger partial charge in [0.2, 0.25) is 0 Å². The SMILES string of the molecule is CCCC(C(=O)C(=O)O)C(=O)c1cccs1. The van der Waals surface area contributed by atoms with Crippen molar-refractivity contribution in [2.24, 2.45) is 5.92 Å². The molecule has 0 aliphatic heterocycles. The van der Waals surface area contributed by atoms with Crippen LogP contribution in [-0.4, -0.2) is 22.6 Å². The normalized spacial score (nSPS) is 12.1. The molecule has 1 atom stereocenters. The van der Waals surface area contributed by atoms with Crippen molar-refractivity contribution in [3.8, 4) is 0 Å². The average molecular weight is 240 g/mol. The van der Waals surface area contributed by atoms with Gasteiger partial charge in [0.1, 0.15) is 0 Å². The van der Waals surface area contributed by atoms with Gasteiger partial charge < -0.3 is 5.11 Å². The molecule has 0 saturated heterocycles. The van der Waals surface area contributed by atoms with E-state index in [4.69, 9.17) is 5.11 Å². The molecule has 5 heteroatoms. The van der Waals surface area contributed by atoms with Gasteiger partial charge in [-0.3, -0.25) is 9.59 Å². The number of carbonyl (C=O) groups is 3. The number of rotatable bonds is 6. The van der Waals surface area contributed by atoms with Crippen molar-refractivity contribution in [3.63, 3.8) is 0 Å². The maximum absolute atomic E-state index is 11.9. The van der Waals surface area contributed by atoms with Crippen LogP contribution in [0.3, 0.4) is 0 Å². The highest BCUT2D eigenvalue weighted by molar-refractivity contribution is 7.12. The summed E-state index contributed by atoms with van der Waals surface area (Å²) in [4.78, 5) is 34.3. The minimum Gasteiger partial charge on any atom is -0.475 e. The van der Waals surface area contributed by atoms with Gasteiger partial charge in [-0.25, -0.2) is 4.79 Å². The van der Waals surface area contributed by atoms with E-state index in [0.29, 0.717) is 11.3 Å². The van der Waals surface area contributed by atoms with Crippen molar-refractivity contribution in [2.45, 2.75) is 19.8 Å². The van der Waals surface area contributed by atoms with Gasteiger partial charge >= 0.3 is 5.97 Å². The molecule has 1 aromatic rings. The van der Waals surface area contributed by atoms with Crippen molar-refractivity contribution < 1.29 is 19.5 Å². The van der Waals surface area contributed by atoms with Crippen molar-refractivity contribution in [1.82, 2.24) is 0 Å². The molecule has 0 spiro atoms. The van der Waals surface area contributed by atoms with Gasteiger partial charge in [-0.05, 0) is 17.9 Å². The Morgan fingerprint density at radius 2 is 2.12 bits per heavy atom. The highest BCUT2D eigenvalue weighted by Crippen LogP contribution is 2.19. The lowest BCUT2D eigenvalue weighted by molar-refractivity contribution is -0.150. The number of hydrogen-bond donors (Lipinski definition) is 1. The van der Waals surface area contributed by atoms with E-state index in [2.05, 4.69) is 0 Å². The third-order valence-corrected chi connectivity index (χ3v) is 3.07. The number of carboxylic acid groups (broad SMARTS) is 1. The second-order valence-electron chi connectivity index (χ2n) is 3.35. The molecule has 1 unspecified atom stereocenters. The summed E-state index contributed by atoms with van der Waals surface area (Å²) in [6.45, 7) is 1.81. The summed E-state index contributed by atoms with van der Waals surface area (Å²) in [5.41, 5.74) is 0. The van der Waals surface area contributed by atoms with Gasteiger partial charge in [-0.2, -0.15) is 0 Å². The van der Waals surface area contributed by atoms with Crippen LogP contribution in [0, 0.1) is 5.92 Å². The topological polar surface area (TPSA) is 71.4 Å². The second-order valence-corrected chi connectivity index (χ2v) is 4.30. The van der Waals surface area contributed by atoms with E-state index in [-0.39, 0.29) is 12.2 Å². The number of carboxylic acids is 1. The molecule has 1 aromatic heterocycles. The molecule has 16 heavy (non-hydrogen) atoms. The van der Waals surface area contributed by atoms with E-state index in [0.717, 1.165) is 0 Å². The molecule has 0 fully saturated rings. The number of Topliss-reactive ketones (excluding diaryl/α,β-unsaturated/α-hetero) is 2. The summed E-state index contributed by atoms with van der Waals surface area (Å²) in [6, 6.07) is 3.30. The first-order valence-electron chi connectivity index (χ1n) is 4.92. The fraction of sp³-hybridized carbons (Fsp3) is 0.364. The van der Waals surface area contributed by atoms with E-state index in [1.54, 1.807) is 17.5 Å². The Morgan fingerprint density at radius 3 is 2.56 bits per heavy atom. The molecule has 1 heterocycles. The monoisotopic (exact) mass is 240 g/mol. The Labute approximate surface area is 96.9 Å².